The fourth-order valence-electron chi connectivity index (χ4n) is 1.72. The van der Waals surface area contributed by atoms with Crippen LogP contribution < -0.4 is 0 Å². The molecule has 94 valence electrons. The number of ether oxygens (including phenoxy) is 1. The quantitative estimate of drug-likeness (QED) is 0.925. The van der Waals surface area contributed by atoms with E-state index in [1.165, 1.54) is 6.07 Å². The Morgan fingerprint density at radius 2 is 2.11 bits per heavy atom. The summed E-state index contributed by atoms with van der Waals surface area (Å²) in [7, 11) is 0. The fraction of sp³-hybridized carbons (Fsp3) is 0.167. The minimum atomic E-state index is -1.17. The van der Waals surface area contributed by atoms with Crippen molar-refractivity contribution in [1.82, 2.24) is 4.57 Å². The molecule has 0 saturated heterocycles. The maximum Gasteiger partial charge on any atom is 0.419 e. The largest absolute Gasteiger partial charge is 0.477 e. The molecule has 1 heterocycles. The van der Waals surface area contributed by atoms with Crippen molar-refractivity contribution in [3.8, 4) is 0 Å². The molecule has 1 N–H and O–H groups in total. The second kappa shape index (κ2) is 4.81. The number of aromatic carboxylic acids is 1. The molecule has 0 radical (unpaired) electrons. The van der Waals surface area contributed by atoms with Crippen LogP contribution in [0.25, 0.3) is 10.9 Å². The summed E-state index contributed by atoms with van der Waals surface area (Å²) in [5, 5.41) is 9.78. The van der Waals surface area contributed by atoms with Gasteiger partial charge < -0.3 is 9.84 Å². The van der Waals surface area contributed by atoms with E-state index >= 15 is 0 Å². The van der Waals surface area contributed by atoms with E-state index in [0.29, 0.717) is 10.9 Å². The lowest BCUT2D eigenvalue weighted by Gasteiger charge is -2.06. The van der Waals surface area contributed by atoms with E-state index in [-0.39, 0.29) is 12.3 Å². The summed E-state index contributed by atoms with van der Waals surface area (Å²) in [6, 6.07) is 6.64. The maximum absolute atomic E-state index is 11.8. The van der Waals surface area contributed by atoms with Crippen molar-refractivity contribution in [2.75, 3.05) is 6.61 Å². The Bertz CT molecular complexity index is 632. The number of hydrogen-bond acceptors (Lipinski definition) is 3. The zero-order valence-corrected chi connectivity index (χ0v) is 11.1. The summed E-state index contributed by atoms with van der Waals surface area (Å²) in [5.74, 6) is -1.17. The van der Waals surface area contributed by atoms with E-state index in [2.05, 4.69) is 15.9 Å². The predicted octanol–water partition coefficient (Wildman–Crippen LogP) is 3.11. The van der Waals surface area contributed by atoms with Gasteiger partial charge in [-0.1, -0.05) is 22.0 Å². The molecule has 0 spiro atoms. The van der Waals surface area contributed by atoms with Gasteiger partial charge in [-0.3, -0.25) is 0 Å². The van der Waals surface area contributed by atoms with Gasteiger partial charge in [0.25, 0.3) is 0 Å². The van der Waals surface area contributed by atoms with Crippen molar-refractivity contribution >= 4 is 38.9 Å². The van der Waals surface area contributed by atoms with Crippen LogP contribution in [0.5, 0.6) is 0 Å². The highest BCUT2D eigenvalue weighted by atomic mass is 79.9. The smallest absolute Gasteiger partial charge is 0.419 e. The minimum absolute atomic E-state index is 0.110. The summed E-state index contributed by atoms with van der Waals surface area (Å²) in [4.78, 5) is 23.0. The normalized spacial score (nSPS) is 10.6. The van der Waals surface area contributed by atoms with Gasteiger partial charge in [0.1, 0.15) is 5.69 Å². The SMILES string of the molecule is CCOC(=O)n1c(C(=O)O)cc2ccc(Br)cc21. The van der Waals surface area contributed by atoms with Crippen LogP contribution in [-0.2, 0) is 4.74 Å². The molecule has 0 amide bonds. The van der Waals surface area contributed by atoms with Gasteiger partial charge >= 0.3 is 12.1 Å². The third-order valence-corrected chi connectivity index (χ3v) is 2.93. The molecule has 0 fully saturated rings. The molecule has 0 atom stereocenters. The number of carboxylic acids is 1. The Kier molecular flexibility index (Phi) is 3.38. The highest BCUT2D eigenvalue weighted by Crippen LogP contribution is 2.24. The van der Waals surface area contributed by atoms with Crippen LogP contribution in [0.1, 0.15) is 17.4 Å². The van der Waals surface area contributed by atoms with Gasteiger partial charge in [0.2, 0.25) is 0 Å². The third kappa shape index (κ3) is 2.11. The molecule has 1 aromatic carbocycles. The number of hydrogen-bond donors (Lipinski definition) is 1. The van der Waals surface area contributed by atoms with E-state index < -0.39 is 12.1 Å². The molecule has 2 rings (SSSR count). The first-order valence-electron chi connectivity index (χ1n) is 5.26. The highest BCUT2D eigenvalue weighted by molar-refractivity contribution is 9.10. The van der Waals surface area contributed by atoms with E-state index in [9.17, 15) is 9.59 Å². The summed E-state index contributed by atoms with van der Waals surface area (Å²) in [5.41, 5.74) is 0.391. The van der Waals surface area contributed by atoms with Crippen LogP contribution in [0, 0.1) is 0 Å². The van der Waals surface area contributed by atoms with Crippen molar-refractivity contribution < 1.29 is 19.4 Å². The molecule has 0 aliphatic rings. The summed E-state index contributed by atoms with van der Waals surface area (Å²) >= 11 is 3.29. The molecule has 6 heteroatoms. The average molecular weight is 312 g/mol. The Labute approximate surface area is 111 Å². The molecule has 5 nitrogen and oxygen atoms in total. The van der Waals surface area contributed by atoms with E-state index in [1.54, 1.807) is 25.1 Å². The number of carboxylic acid groups (broad SMARTS) is 1. The number of benzene rings is 1. The monoisotopic (exact) mass is 311 g/mol. The summed E-state index contributed by atoms with van der Waals surface area (Å²) in [6.45, 7) is 1.85. The Hall–Kier alpha value is -1.82. The number of halogens is 1. The lowest BCUT2D eigenvalue weighted by molar-refractivity contribution is 0.0682. The second-order valence-electron chi connectivity index (χ2n) is 3.57. The van der Waals surface area contributed by atoms with Crippen molar-refractivity contribution in [2.24, 2.45) is 0 Å². The third-order valence-electron chi connectivity index (χ3n) is 2.44. The molecule has 0 aliphatic heterocycles. The summed E-state index contributed by atoms with van der Waals surface area (Å²) < 4.78 is 6.69. The van der Waals surface area contributed by atoms with Crippen LogP contribution >= 0.6 is 15.9 Å². The second-order valence-corrected chi connectivity index (χ2v) is 4.49. The Morgan fingerprint density at radius 3 is 2.72 bits per heavy atom. The van der Waals surface area contributed by atoms with Gasteiger partial charge in [-0.15, -0.1) is 0 Å². The van der Waals surface area contributed by atoms with Crippen LogP contribution in [0.15, 0.2) is 28.7 Å². The zero-order valence-electron chi connectivity index (χ0n) is 9.51. The van der Waals surface area contributed by atoms with Crippen LogP contribution in [0.4, 0.5) is 4.79 Å². The van der Waals surface area contributed by atoms with Gasteiger partial charge in [0.05, 0.1) is 12.1 Å². The molecule has 2 aromatic rings. The Balaban J connectivity index is 2.72. The van der Waals surface area contributed by atoms with Gasteiger partial charge in [-0.05, 0) is 25.1 Å². The number of aromatic nitrogens is 1. The van der Waals surface area contributed by atoms with Gasteiger partial charge in [0, 0.05) is 9.86 Å². The maximum atomic E-state index is 11.8. The van der Waals surface area contributed by atoms with Crippen molar-refractivity contribution in [1.29, 1.82) is 0 Å². The van der Waals surface area contributed by atoms with E-state index in [1.807, 2.05) is 0 Å². The molecular weight excluding hydrogens is 302 g/mol. The molecular formula is C12H10BrNO4. The first-order valence-corrected chi connectivity index (χ1v) is 6.05. The topological polar surface area (TPSA) is 68.5 Å². The first kappa shape index (κ1) is 12.6. The molecule has 1 aromatic heterocycles. The molecule has 0 saturated carbocycles. The Morgan fingerprint density at radius 1 is 1.39 bits per heavy atom. The average Bonchev–Trinajstić information content (AvgIpc) is 2.67. The van der Waals surface area contributed by atoms with Crippen molar-refractivity contribution in [2.45, 2.75) is 6.92 Å². The number of carbonyl (C=O) groups excluding carboxylic acids is 1. The van der Waals surface area contributed by atoms with Crippen molar-refractivity contribution in [3.05, 3.63) is 34.4 Å². The van der Waals surface area contributed by atoms with Gasteiger partial charge in [-0.25, -0.2) is 14.2 Å². The number of nitrogens with zero attached hydrogens (tertiary/aromatic N) is 1. The number of fused-ring (bicyclic) bond motifs is 1. The molecule has 0 aliphatic carbocycles. The predicted molar refractivity (Wildman–Crippen MR) is 69.0 cm³/mol. The van der Waals surface area contributed by atoms with E-state index in [4.69, 9.17) is 9.84 Å². The minimum Gasteiger partial charge on any atom is -0.477 e. The number of rotatable bonds is 2. The van der Waals surface area contributed by atoms with Gasteiger partial charge in [-0.2, -0.15) is 0 Å². The first-order chi connectivity index (χ1) is 8.54. The lowest BCUT2D eigenvalue weighted by atomic mass is 10.2. The van der Waals surface area contributed by atoms with E-state index in [0.717, 1.165) is 9.04 Å². The van der Waals surface area contributed by atoms with Gasteiger partial charge in [0.15, 0.2) is 0 Å². The van der Waals surface area contributed by atoms with Crippen LogP contribution in [-0.4, -0.2) is 28.3 Å². The van der Waals surface area contributed by atoms with Crippen molar-refractivity contribution in [3.63, 3.8) is 0 Å². The standard InChI is InChI=1S/C12H10BrNO4/c1-2-18-12(17)14-9-6-8(13)4-3-7(9)5-10(14)11(15)16/h3-6H,2H2,1H3,(H,15,16). The number of carbonyl (C=O) groups is 2. The summed E-state index contributed by atoms with van der Waals surface area (Å²) in [6.07, 6.45) is -0.692. The highest BCUT2D eigenvalue weighted by Gasteiger charge is 2.20. The molecule has 18 heavy (non-hydrogen) atoms. The molecule has 0 unspecified atom stereocenters. The lowest BCUT2D eigenvalue weighted by Crippen LogP contribution is -2.18. The fourth-order valence-corrected chi connectivity index (χ4v) is 2.07. The zero-order chi connectivity index (χ0) is 13.3. The molecule has 0 bridgehead atoms. The van der Waals surface area contributed by atoms with Crippen LogP contribution in [0.2, 0.25) is 0 Å². The van der Waals surface area contributed by atoms with Crippen LogP contribution in [0.3, 0.4) is 0 Å².